The summed E-state index contributed by atoms with van der Waals surface area (Å²) in [4.78, 5) is 21.1. The number of aromatic amines is 2. The lowest BCUT2D eigenvalue weighted by atomic mass is 10.1. The number of nitrogens with one attached hydrogen (secondary N) is 2. The number of imidazole rings is 2. The molecule has 2 saturated heterocycles. The van der Waals surface area contributed by atoms with Gasteiger partial charge in [-0.05, 0) is 51.2 Å². The van der Waals surface area contributed by atoms with Crippen molar-refractivity contribution in [3.8, 4) is 34.3 Å². The first-order chi connectivity index (χ1) is 18.6. The van der Waals surface area contributed by atoms with Crippen molar-refractivity contribution < 1.29 is 9.47 Å². The third-order valence-corrected chi connectivity index (χ3v) is 7.64. The van der Waals surface area contributed by atoms with Crippen LogP contribution in [0, 0.1) is 0 Å². The van der Waals surface area contributed by atoms with Gasteiger partial charge in [0.25, 0.3) is 0 Å². The zero-order valence-corrected chi connectivity index (χ0v) is 21.8. The van der Waals surface area contributed by atoms with Gasteiger partial charge in [0.05, 0.1) is 22.1 Å². The van der Waals surface area contributed by atoms with Crippen LogP contribution in [0.4, 0.5) is 0 Å². The van der Waals surface area contributed by atoms with Crippen LogP contribution < -0.4 is 9.47 Å². The average molecular weight is 509 g/mol. The van der Waals surface area contributed by atoms with Gasteiger partial charge < -0.3 is 29.2 Å². The number of hydrogen-bond donors (Lipinski definition) is 2. The molecule has 0 unspecified atom stereocenters. The second-order valence-corrected chi connectivity index (χ2v) is 10.7. The molecular formula is C30H32N6O2. The number of rotatable bonds is 6. The van der Waals surface area contributed by atoms with Gasteiger partial charge in [0.1, 0.15) is 35.4 Å². The molecule has 8 nitrogen and oxygen atoms in total. The third kappa shape index (κ3) is 4.61. The topological polar surface area (TPSA) is 82.3 Å². The minimum absolute atomic E-state index is 0.249. The third-order valence-electron chi connectivity index (χ3n) is 7.64. The Balaban J connectivity index is 1.08. The van der Waals surface area contributed by atoms with Gasteiger partial charge in [0.15, 0.2) is 0 Å². The molecule has 3 aromatic carbocycles. The van der Waals surface area contributed by atoms with E-state index in [1.54, 1.807) is 0 Å². The molecule has 0 aliphatic carbocycles. The van der Waals surface area contributed by atoms with E-state index in [1.807, 2.05) is 24.3 Å². The smallest absolute Gasteiger partial charge is 0.138 e. The first-order valence-electron chi connectivity index (χ1n) is 13.4. The summed E-state index contributed by atoms with van der Waals surface area (Å²) in [5, 5.41) is 0. The van der Waals surface area contributed by atoms with E-state index in [9.17, 15) is 0 Å². The maximum atomic E-state index is 6.19. The number of likely N-dealkylation sites (tertiary alicyclic amines) is 2. The van der Waals surface area contributed by atoms with Crippen molar-refractivity contribution in [1.29, 1.82) is 0 Å². The molecule has 7 rings (SSSR count). The molecule has 8 heteroatoms. The van der Waals surface area contributed by atoms with Crippen LogP contribution in [0.25, 0.3) is 44.8 Å². The van der Waals surface area contributed by atoms with Crippen LogP contribution in [0.2, 0.25) is 0 Å². The van der Waals surface area contributed by atoms with Gasteiger partial charge in [-0.25, -0.2) is 9.97 Å². The van der Waals surface area contributed by atoms with E-state index in [0.29, 0.717) is 0 Å². The summed E-state index contributed by atoms with van der Waals surface area (Å²) in [7, 11) is 4.27. The Bertz CT molecular complexity index is 1470. The van der Waals surface area contributed by atoms with E-state index in [2.05, 4.69) is 70.3 Å². The van der Waals surface area contributed by atoms with E-state index < -0.39 is 0 Å². The normalized spacial score (nSPS) is 20.6. The van der Waals surface area contributed by atoms with Crippen molar-refractivity contribution >= 4 is 22.1 Å². The Morgan fingerprint density at radius 1 is 0.658 bits per heavy atom. The fourth-order valence-corrected chi connectivity index (χ4v) is 5.55. The standard InChI is InChI=1S/C30H32N6O2/c1-35-13-11-23(17-35)37-21-7-9-25-27(15-21)33-29(31-25)19-3-5-20(6-4-19)30-32-26-10-8-22(16-28(26)34-30)38-24-12-14-36(2)18-24/h3-10,15-16,23-24H,11-14,17-18H2,1-2H3,(H,31,33)(H,32,34)/t23-,24-/m1/s1. The highest BCUT2D eigenvalue weighted by atomic mass is 16.5. The van der Waals surface area contributed by atoms with Crippen LogP contribution in [-0.4, -0.2) is 82.2 Å². The highest BCUT2D eigenvalue weighted by Crippen LogP contribution is 2.29. The van der Waals surface area contributed by atoms with Crippen LogP contribution in [0.3, 0.4) is 0 Å². The maximum absolute atomic E-state index is 6.19. The summed E-state index contributed by atoms with van der Waals surface area (Å²) >= 11 is 0. The fraction of sp³-hybridized carbons (Fsp3) is 0.333. The summed E-state index contributed by atoms with van der Waals surface area (Å²) < 4.78 is 12.4. The van der Waals surface area contributed by atoms with Crippen LogP contribution in [-0.2, 0) is 0 Å². The highest BCUT2D eigenvalue weighted by Gasteiger charge is 2.22. The molecule has 4 heterocycles. The van der Waals surface area contributed by atoms with Crippen molar-refractivity contribution in [3.05, 3.63) is 60.7 Å². The van der Waals surface area contributed by atoms with E-state index in [1.165, 1.54) is 0 Å². The highest BCUT2D eigenvalue weighted by molar-refractivity contribution is 5.82. The molecule has 0 radical (unpaired) electrons. The first kappa shape index (κ1) is 23.3. The minimum atomic E-state index is 0.249. The lowest BCUT2D eigenvalue weighted by Gasteiger charge is -2.13. The van der Waals surface area contributed by atoms with Gasteiger partial charge in [-0.1, -0.05) is 24.3 Å². The Morgan fingerprint density at radius 3 is 1.50 bits per heavy atom. The zero-order chi connectivity index (χ0) is 25.6. The van der Waals surface area contributed by atoms with Crippen molar-refractivity contribution in [1.82, 2.24) is 29.7 Å². The summed E-state index contributed by atoms with van der Waals surface area (Å²) in [6, 6.07) is 20.5. The van der Waals surface area contributed by atoms with Gasteiger partial charge >= 0.3 is 0 Å². The summed E-state index contributed by atoms with van der Waals surface area (Å²) in [6.45, 7) is 4.10. The number of nitrogens with zero attached hydrogens (tertiary/aromatic N) is 4. The van der Waals surface area contributed by atoms with E-state index in [0.717, 1.165) is 95.4 Å². The molecular weight excluding hydrogens is 476 g/mol. The predicted octanol–water partition coefficient (Wildman–Crippen LogP) is 4.94. The molecule has 2 aliphatic rings. The average Bonchev–Trinajstić information content (AvgIpc) is 3.71. The first-order valence-corrected chi connectivity index (χ1v) is 13.4. The summed E-state index contributed by atoms with van der Waals surface area (Å²) in [5.74, 6) is 3.45. The van der Waals surface area contributed by atoms with Gasteiger partial charge in [-0.3, -0.25) is 0 Å². The maximum Gasteiger partial charge on any atom is 0.138 e. The Morgan fingerprint density at radius 2 is 1.11 bits per heavy atom. The van der Waals surface area contributed by atoms with Crippen molar-refractivity contribution in [2.45, 2.75) is 25.0 Å². The second kappa shape index (κ2) is 9.45. The molecule has 0 bridgehead atoms. The lowest BCUT2D eigenvalue weighted by molar-refractivity contribution is 0.208. The van der Waals surface area contributed by atoms with Crippen molar-refractivity contribution in [2.75, 3.05) is 40.3 Å². The number of H-pyrrole nitrogens is 2. The molecule has 2 aliphatic heterocycles. The fourth-order valence-electron chi connectivity index (χ4n) is 5.55. The zero-order valence-electron chi connectivity index (χ0n) is 21.8. The van der Waals surface area contributed by atoms with Crippen molar-refractivity contribution in [3.63, 3.8) is 0 Å². The van der Waals surface area contributed by atoms with E-state index >= 15 is 0 Å². The number of benzene rings is 3. The number of fused-ring (bicyclic) bond motifs is 2. The van der Waals surface area contributed by atoms with Crippen molar-refractivity contribution in [2.24, 2.45) is 0 Å². The predicted molar refractivity (Wildman–Crippen MR) is 150 cm³/mol. The molecule has 194 valence electrons. The summed E-state index contributed by atoms with van der Waals surface area (Å²) in [6.07, 6.45) is 2.62. The summed E-state index contributed by atoms with van der Waals surface area (Å²) in [5.41, 5.74) is 5.87. The van der Waals surface area contributed by atoms with Gasteiger partial charge in [0.2, 0.25) is 0 Å². The van der Waals surface area contributed by atoms with E-state index in [-0.39, 0.29) is 12.2 Å². The van der Waals surface area contributed by atoms with Gasteiger partial charge in [-0.2, -0.15) is 0 Å². The van der Waals surface area contributed by atoms with E-state index in [4.69, 9.17) is 19.4 Å². The lowest BCUT2D eigenvalue weighted by Crippen LogP contribution is -2.21. The molecule has 5 aromatic rings. The second-order valence-electron chi connectivity index (χ2n) is 10.7. The Labute approximate surface area is 221 Å². The largest absolute Gasteiger partial charge is 0.489 e. The Hall–Kier alpha value is -3.88. The molecule has 2 fully saturated rings. The van der Waals surface area contributed by atoms with Gasteiger partial charge in [0, 0.05) is 49.4 Å². The molecule has 2 atom stereocenters. The SMILES string of the molecule is CN1CC[C@@H](Oc2ccc3nc(-c4ccc(-c5nc6ccc(O[C@@H]7CCN(C)C7)cc6[nH]5)cc4)[nH]c3c2)C1. The monoisotopic (exact) mass is 508 g/mol. The molecule has 2 aromatic heterocycles. The molecule has 0 spiro atoms. The van der Waals surface area contributed by atoms with Crippen LogP contribution in [0.1, 0.15) is 12.8 Å². The number of aromatic nitrogens is 4. The van der Waals surface area contributed by atoms with Crippen LogP contribution in [0.15, 0.2) is 60.7 Å². The molecule has 0 saturated carbocycles. The van der Waals surface area contributed by atoms with Crippen LogP contribution >= 0.6 is 0 Å². The molecule has 0 amide bonds. The quantitative estimate of drug-likeness (QED) is 0.338. The van der Waals surface area contributed by atoms with Gasteiger partial charge in [-0.15, -0.1) is 0 Å². The number of ether oxygens (including phenoxy) is 2. The number of hydrogen-bond acceptors (Lipinski definition) is 6. The molecule has 38 heavy (non-hydrogen) atoms. The minimum Gasteiger partial charge on any atom is -0.489 e. The van der Waals surface area contributed by atoms with Crippen LogP contribution in [0.5, 0.6) is 11.5 Å². The number of likely N-dealkylation sites (N-methyl/N-ethyl adjacent to an activating group) is 2. The molecule has 2 N–H and O–H groups in total. The Kier molecular flexibility index (Phi) is 5.78.